The van der Waals surface area contributed by atoms with Gasteiger partial charge in [-0.2, -0.15) is 0 Å². The van der Waals surface area contributed by atoms with Gasteiger partial charge in [-0.25, -0.2) is 0 Å². The third-order valence-corrected chi connectivity index (χ3v) is 5.52. The van der Waals surface area contributed by atoms with E-state index < -0.39 is 6.10 Å². The molecule has 1 saturated carbocycles. The first-order valence-corrected chi connectivity index (χ1v) is 9.95. The van der Waals surface area contributed by atoms with Crippen LogP contribution in [0.2, 0.25) is 0 Å². The average molecular weight is 333 g/mol. The van der Waals surface area contributed by atoms with Crippen molar-refractivity contribution in [2.75, 3.05) is 6.61 Å². The predicted molar refractivity (Wildman–Crippen MR) is 101 cm³/mol. The smallest absolute Gasteiger partial charge is 0.122 e. The van der Waals surface area contributed by atoms with Crippen molar-refractivity contribution in [3.05, 3.63) is 29.8 Å². The molecule has 1 N–H and O–H groups in total. The van der Waals surface area contributed by atoms with Crippen LogP contribution in [0.3, 0.4) is 0 Å². The normalized spacial score (nSPS) is 18.5. The molecular weight excluding hydrogens is 296 g/mol. The summed E-state index contributed by atoms with van der Waals surface area (Å²) in [5, 5.41) is 9.95. The van der Waals surface area contributed by atoms with Crippen LogP contribution in [-0.4, -0.2) is 17.8 Å². The SMILES string of the molecule is CC(CCc1ccccc1OCC(O)C(C)C)CC1CCCCC1. The Morgan fingerprint density at radius 3 is 2.50 bits per heavy atom. The van der Waals surface area contributed by atoms with Gasteiger partial charge in [-0.1, -0.05) is 71.1 Å². The zero-order valence-electron chi connectivity index (χ0n) is 15.8. The van der Waals surface area contributed by atoms with Crippen LogP contribution < -0.4 is 4.74 Å². The molecule has 0 aromatic heterocycles. The highest BCUT2D eigenvalue weighted by Crippen LogP contribution is 2.31. The van der Waals surface area contributed by atoms with Crippen LogP contribution in [-0.2, 0) is 6.42 Å². The van der Waals surface area contributed by atoms with Crippen molar-refractivity contribution in [3.63, 3.8) is 0 Å². The van der Waals surface area contributed by atoms with Gasteiger partial charge in [0.15, 0.2) is 0 Å². The molecule has 0 heterocycles. The summed E-state index contributed by atoms with van der Waals surface area (Å²) in [7, 11) is 0. The Bertz CT molecular complexity index is 463. The first kappa shape index (κ1) is 19.3. The van der Waals surface area contributed by atoms with Gasteiger partial charge >= 0.3 is 0 Å². The Kier molecular flexibility index (Phi) is 8.11. The lowest BCUT2D eigenvalue weighted by Crippen LogP contribution is -2.23. The standard InChI is InChI=1S/C22H36O2/c1-17(2)21(23)16-24-22-12-8-7-11-20(22)14-13-18(3)15-19-9-5-4-6-10-19/h7-8,11-12,17-19,21,23H,4-6,9-10,13-16H2,1-3H3. The second-order valence-electron chi connectivity index (χ2n) is 8.11. The zero-order valence-corrected chi connectivity index (χ0v) is 15.8. The van der Waals surface area contributed by atoms with Crippen molar-refractivity contribution < 1.29 is 9.84 Å². The van der Waals surface area contributed by atoms with Gasteiger partial charge in [-0.3, -0.25) is 0 Å². The van der Waals surface area contributed by atoms with Crippen molar-refractivity contribution in [1.29, 1.82) is 0 Å². The summed E-state index contributed by atoms with van der Waals surface area (Å²) in [6.07, 6.45) is 10.5. The molecule has 0 aliphatic heterocycles. The summed E-state index contributed by atoms with van der Waals surface area (Å²) < 4.78 is 5.89. The number of aryl methyl sites for hydroxylation is 1. The van der Waals surface area contributed by atoms with E-state index in [1.807, 2.05) is 26.0 Å². The van der Waals surface area contributed by atoms with Crippen LogP contribution in [0.1, 0.15) is 71.3 Å². The van der Waals surface area contributed by atoms with Gasteiger partial charge in [-0.15, -0.1) is 0 Å². The molecule has 1 aromatic rings. The molecule has 0 amide bonds. The fourth-order valence-electron chi connectivity index (χ4n) is 3.73. The van der Waals surface area contributed by atoms with Crippen molar-refractivity contribution in [3.8, 4) is 5.75 Å². The molecule has 2 atom stereocenters. The van der Waals surface area contributed by atoms with Gasteiger partial charge in [0.2, 0.25) is 0 Å². The molecule has 2 heteroatoms. The fourth-order valence-corrected chi connectivity index (χ4v) is 3.73. The van der Waals surface area contributed by atoms with E-state index >= 15 is 0 Å². The molecule has 2 nitrogen and oxygen atoms in total. The molecule has 0 spiro atoms. The van der Waals surface area contributed by atoms with E-state index in [0.29, 0.717) is 6.61 Å². The van der Waals surface area contributed by atoms with E-state index in [9.17, 15) is 5.11 Å². The summed E-state index contributed by atoms with van der Waals surface area (Å²) in [5.74, 6) is 2.92. The van der Waals surface area contributed by atoms with Crippen molar-refractivity contribution in [2.24, 2.45) is 17.8 Å². The van der Waals surface area contributed by atoms with Gasteiger partial charge in [0, 0.05) is 0 Å². The zero-order chi connectivity index (χ0) is 17.4. The number of ether oxygens (including phenoxy) is 1. The van der Waals surface area contributed by atoms with E-state index in [4.69, 9.17) is 4.74 Å². The quantitative estimate of drug-likeness (QED) is 0.636. The molecule has 1 fully saturated rings. The first-order valence-electron chi connectivity index (χ1n) is 9.95. The maximum atomic E-state index is 9.95. The van der Waals surface area contributed by atoms with Gasteiger partial charge in [0.05, 0.1) is 6.10 Å². The Labute approximate surface area is 148 Å². The maximum absolute atomic E-state index is 9.95. The maximum Gasteiger partial charge on any atom is 0.122 e. The Morgan fingerprint density at radius 2 is 1.79 bits per heavy atom. The lowest BCUT2D eigenvalue weighted by molar-refractivity contribution is 0.0697. The average Bonchev–Trinajstić information content (AvgIpc) is 2.59. The predicted octanol–water partition coefficient (Wildman–Crippen LogP) is 5.62. The van der Waals surface area contributed by atoms with Crippen molar-refractivity contribution in [1.82, 2.24) is 0 Å². The van der Waals surface area contributed by atoms with Crippen LogP contribution in [0.4, 0.5) is 0 Å². The highest BCUT2D eigenvalue weighted by Gasteiger charge is 2.17. The number of hydrogen-bond acceptors (Lipinski definition) is 2. The third-order valence-electron chi connectivity index (χ3n) is 5.52. The Hall–Kier alpha value is -1.02. The van der Waals surface area contributed by atoms with E-state index in [-0.39, 0.29) is 5.92 Å². The lowest BCUT2D eigenvalue weighted by atomic mass is 9.82. The summed E-state index contributed by atoms with van der Waals surface area (Å²) in [6.45, 7) is 6.83. The number of aliphatic hydroxyl groups excluding tert-OH is 1. The number of hydrogen-bond donors (Lipinski definition) is 1. The second-order valence-corrected chi connectivity index (χ2v) is 8.11. The van der Waals surface area contributed by atoms with E-state index in [1.54, 1.807) is 0 Å². The molecule has 0 saturated heterocycles. The molecule has 24 heavy (non-hydrogen) atoms. The fraction of sp³-hybridized carbons (Fsp3) is 0.727. The molecular formula is C22H36O2. The minimum absolute atomic E-state index is 0.229. The molecule has 0 bridgehead atoms. The summed E-state index contributed by atoms with van der Waals surface area (Å²) >= 11 is 0. The minimum Gasteiger partial charge on any atom is -0.491 e. The molecule has 0 radical (unpaired) electrons. The molecule has 1 aliphatic rings. The molecule has 1 aliphatic carbocycles. The number of benzene rings is 1. The topological polar surface area (TPSA) is 29.5 Å². The van der Waals surface area contributed by atoms with Gasteiger partial charge in [0.25, 0.3) is 0 Å². The first-order chi connectivity index (χ1) is 11.6. The van der Waals surface area contributed by atoms with Crippen molar-refractivity contribution >= 4 is 0 Å². The number of rotatable bonds is 9. The highest BCUT2D eigenvalue weighted by molar-refractivity contribution is 5.33. The Balaban J connectivity index is 1.80. The monoisotopic (exact) mass is 332 g/mol. The summed E-state index contributed by atoms with van der Waals surface area (Å²) in [6, 6.07) is 8.32. The van der Waals surface area contributed by atoms with Gasteiger partial charge < -0.3 is 9.84 Å². The van der Waals surface area contributed by atoms with Crippen molar-refractivity contribution in [2.45, 2.75) is 78.2 Å². The van der Waals surface area contributed by atoms with Crippen LogP contribution >= 0.6 is 0 Å². The van der Waals surface area contributed by atoms with Crippen LogP contribution in [0, 0.1) is 17.8 Å². The largest absolute Gasteiger partial charge is 0.491 e. The van der Waals surface area contributed by atoms with Gasteiger partial charge in [-0.05, 0) is 48.6 Å². The van der Waals surface area contributed by atoms with Crippen LogP contribution in [0.5, 0.6) is 5.75 Å². The summed E-state index contributed by atoms with van der Waals surface area (Å²) in [4.78, 5) is 0. The minimum atomic E-state index is -0.400. The lowest BCUT2D eigenvalue weighted by Gasteiger charge is -2.24. The van der Waals surface area contributed by atoms with Crippen LogP contribution in [0.15, 0.2) is 24.3 Å². The van der Waals surface area contributed by atoms with E-state index in [1.165, 1.54) is 50.5 Å². The van der Waals surface area contributed by atoms with E-state index in [2.05, 4.69) is 19.1 Å². The molecule has 136 valence electrons. The highest BCUT2D eigenvalue weighted by atomic mass is 16.5. The number of para-hydroxylation sites is 1. The Morgan fingerprint density at radius 1 is 1.08 bits per heavy atom. The second kappa shape index (κ2) is 10.1. The number of aliphatic hydroxyl groups is 1. The molecule has 1 aromatic carbocycles. The summed E-state index contributed by atoms with van der Waals surface area (Å²) in [5.41, 5.74) is 1.28. The third kappa shape index (κ3) is 6.47. The van der Waals surface area contributed by atoms with Crippen LogP contribution in [0.25, 0.3) is 0 Å². The molecule has 2 rings (SSSR count). The molecule has 2 unspecified atom stereocenters. The van der Waals surface area contributed by atoms with Gasteiger partial charge in [0.1, 0.15) is 12.4 Å². The van der Waals surface area contributed by atoms with E-state index in [0.717, 1.165) is 24.0 Å².